The van der Waals surface area contributed by atoms with Gasteiger partial charge in [-0.1, -0.05) is 12.1 Å². The Bertz CT molecular complexity index is 314. The number of carboxylic acid groups (broad SMARTS) is 1. The van der Waals surface area contributed by atoms with Crippen LogP contribution in [0.1, 0.15) is 6.92 Å². The van der Waals surface area contributed by atoms with Crippen molar-refractivity contribution in [3.8, 4) is 0 Å². The minimum absolute atomic E-state index is 0.373. The van der Waals surface area contributed by atoms with Crippen molar-refractivity contribution >= 4 is 17.7 Å². The van der Waals surface area contributed by atoms with Crippen molar-refractivity contribution in [3.05, 3.63) is 30.1 Å². The molecule has 0 spiro atoms. The van der Waals surface area contributed by atoms with Gasteiger partial charge in [-0.2, -0.15) is 0 Å². The topological polar surface area (TPSA) is 37.3 Å². The molecule has 1 aromatic carbocycles. The summed E-state index contributed by atoms with van der Waals surface area (Å²) in [5.74, 6) is -1.31. The summed E-state index contributed by atoms with van der Waals surface area (Å²) in [4.78, 5) is 10.8. The molecule has 1 N–H and O–H groups in total. The molecule has 1 atom stereocenters. The van der Waals surface area contributed by atoms with Gasteiger partial charge in [0.25, 0.3) is 0 Å². The van der Waals surface area contributed by atoms with Crippen molar-refractivity contribution in [2.24, 2.45) is 0 Å². The summed E-state index contributed by atoms with van der Waals surface area (Å²) >= 11 is 1.00. The van der Waals surface area contributed by atoms with Crippen molar-refractivity contribution in [1.29, 1.82) is 0 Å². The third-order valence-corrected chi connectivity index (χ3v) is 2.63. The summed E-state index contributed by atoms with van der Waals surface area (Å²) < 4.78 is 13.0. The molecular formula is C9H9FO2S. The molecule has 2 nitrogen and oxygen atoms in total. The summed E-state index contributed by atoms with van der Waals surface area (Å²) in [6.07, 6.45) is 0. The summed E-state index contributed by atoms with van der Waals surface area (Å²) in [5, 5.41) is 7.96. The van der Waals surface area contributed by atoms with Crippen molar-refractivity contribution < 1.29 is 14.3 Å². The fraction of sp³-hybridized carbons (Fsp3) is 0.222. The molecule has 1 aromatic rings. The number of thioether (sulfide) groups is 1. The smallest absolute Gasteiger partial charge is 0.316 e. The van der Waals surface area contributed by atoms with Crippen LogP contribution in [0.3, 0.4) is 0 Å². The molecule has 0 aliphatic carbocycles. The van der Waals surface area contributed by atoms with Gasteiger partial charge in [0.2, 0.25) is 0 Å². The average molecular weight is 200 g/mol. The zero-order valence-electron chi connectivity index (χ0n) is 7.03. The van der Waals surface area contributed by atoms with Crippen LogP contribution in [-0.4, -0.2) is 16.3 Å². The second-order valence-electron chi connectivity index (χ2n) is 2.53. The Kier molecular flexibility index (Phi) is 3.31. The van der Waals surface area contributed by atoms with Gasteiger partial charge in [0.05, 0.1) is 0 Å². The lowest BCUT2D eigenvalue weighted by Crippen LogP contribution is -2.11. The van der Waals surface area contributed by atoms with Crippen LogP contribution >= 0.6 is 11.8 Å². The summed E-state index contributed by atoms with van der Waals surface area (Å²) in [7, 11) is 0. The van der Waals surface area contributed by atoms with Gasteiger partial charge >= 0.3 is 5.97 Å². The number of halogens is 1. The van der Waals surface area contributed by atoms with Crippen molar-refractivity contribution in [2.45, 2.75) is 17.1 Å². The Labute approximate surface area is 79.8 Å². The minimum atomic E-state index is -0.937. The van der Waals surface area contributed by atoms with Crippen molar-refractivity contribution in [3.63, 3.8) is 0 Å². The Morgan fingerprint density at radius 2 is 2.15 bits per heavy atom. The van der Waals surface area contributed by atoms with E-state index in [4.69, 9.17) is 5.11 Å². The fourth-order valence-electron chi connectivity index (χ4n) is 0.781. The number of hydrogen-bond acceptors (Lipinski definition) is 2. The van der Waals surface area contributed by atoms with Gasteiger partial charge in [0, 0.05) is 4.90 Å². The predicted molar refractivity (Wildman–Crippen MR) is 49.4 cm³/mol. The highest BCUT2D eigenvalue weighted by Gasteiger charge is 2.14. The van der Waals surface area contributed by atoms with Crippen LogP contribution in [0.4, 0.5) is 4.39 Å². The molecule has 4 heteroatoms. The van der Waals surface area contributed by atoms with Crippen LogP contribution in [0.15, 0.2) is 29.2 Å². The molecule has 0 aromatic heterocycles. The monoisotopic (exact) mass is 200 g/mol. The maximum absolute atomic E-state index is 13.0. The highest BCUT2D eigenvalue weighted by atomic mass is 32.2. The number of carbonyl (C=O) groups is 1. The number of aliphatic carboxylic acids is 1. The van der Waals surface area contributed by atoms with Crippen LogP contribution in [0.25, 0.3) is 0 Å². The Morgan fingerprint density at radius 3 is 2.69 bits per heavy atom. The molecule has 0 radical (unpaired) electrons. The second-order valence-corrected chi connectivity index (χ2v) is 3.91. The van der Waals surface area contributed by atoms with Gasteiger partial charge < -0.3 is 5.11 Å². The fourth-order valence-corrected chi connectivity index (χ4v) is 1.60. The van der Waals surface area contributed by atoms with E-state index in [-0.39, 0.29) is 5.82 Å². The molecule has 70 valence electrons. The summed E-state index contributed by atoms with van der Waals surface area (Å²) in [6.45, 7) is 1.53. The van der Waals surface area contributed by atoms with E-state index in [2.05, 4.69) is 0 Å². The molecule has 13 heavy (non-hydrogen) atoms. The second kappa shape index (κ2) is 4.28. The van der Waals surface area contributed by atoms with Crippen LogP contribution in [0, 0.1) is 5.82 Å². The zero-order valence-corrected chi connectivity index (χ0v) is 7.84. The Hall–Kier alpha value is -1.03. The highest BCUT2D eigenvalue weighted by Crippen LogP contribution is 2.25. The van der Waals surface area contributed by atoms with E-state index < -0.39 is 11.2 Å². The zero-order chi connectivity index (χ0) is 9.84. The maximum Gasteiger partial charge on any atom is 0.316 e. The van der Waals surface area contributed by atoms with Crippen LogP contribution in [-0.2, 0) is 4.79 Å². The van der Waals surface area contributed by atoms with E-state index in [0.29, 0.717) is 4.90 Å². The molecule has 0 amide bonds. The van der Waals surface area contributed by atoms with Crippen LogP contribution < -0.4 is 0 Å². The Morgan fingerprint density at radius 1 is 1.54 bits per heavy atom. The molecule has 0 fully saturated rings. The SMILES string of the molecule is CC(Sc1ccccc1F)C(=O)O. The lowest BCUT2D eigenvalue weighted by atomic mass is 10.3. The van der Waals surface area contributed by atoms with E-state index >= 15 is 0 Å². The molecule has 0 aliphatic rings. The first-order valence-corrected chi connectivity index (χ1v) is 4.63. The molecule has 0 aliphatic heterocycles. The maximum atomic E-state index is 13.0. The number of benzene rings is 1. The summed E-state index contributed by atoms with van der Waals surface area (Å²) in [5.41, 5.74) is 0. The first-order valence-electron chi connectivity index (χ1n) is 3.75. The average Bonchev–Trinajstić information content (AvgIpc) is 2.08. The highest BCUT2D eigenvalue weighted by molar-refractivity contribution is 8.00. The number of hydrogen-bond donors (Lipinski definition) is 1. The van der Waals surface area contributed by atoms with Crippen molar-refractivity contribution in [2.75, 3.05) is 0 Å². The molecule has 1 unspecified atom stereocenters. The molecule has 0 saturated heterocycles. The normalized spacial score (nSPS) is 12.5. The Balaban J connectivity index is 2.74. The van der Waals surface area contributed by atoms with Gasteiger partial charge in [-0.05, 0) is 19.1 Å². The van der Waals surface area contributed by atoms with E-state index in [9.17, 15) is 9.18 Å². The molecular weight excluding hydrogens is 191 g/mol. The van der Waals surface area contributed by atoms with E-state index in [0.717, 1.165) is 11.8 Å². The lowest BCUT2D eigenvalue weighted by Gasteiger charge is -2.05. The standard InChI is InChI=1S/C9H9FO2S/c1-6(9(11)12)13-8-5-3-2-4-7(8)10/h2-6H,1H3,(H,11,12). The van der Waals surface area contributed by atoms with Gasteiger partial charge in [-0.15, -0.1) is 11.8 Å². The molecule has 1 rings (SSSR count). The van der Waals surface area contributed by atoms with E-state index in [1.54, 1.807) is 18.2 Å². The third kappa shape index (κ3) is 2.73. The summed E-state index contributed by atoms with van der Waals surface area (Å²) in [6, 6.07) is 6.14. The van der Waals surface area contributed by atoms with Gasteiger partial charge in [0.15, 0.2) is 0 Å². The molecule has 0 heterocycles. The van der Waals surface area contributed by atoms with Gasteiger partial charge in [-0.3, -0.25) is 4.79 Å². The quantitative estimate of drug-likeness (QED) is 0.761. The van der Waals surface area contributed by atoms with Crippen LogP contribution in [0.5, 0.6) is 0 Å². The van der Waals surface area contributed by atoms with Gasteiger partial charge in [-0.25, -0.2) is 4.39 Å². The largest absolute Gasteiger partial charge is 0.480 e. The number of carboxylic acids is 1. The third-order valence-electron chi connectivity index (χ3n) is 1.49. The first-order chi connectivity index (χ1) is 6.11. The molecule has 0 saturated carbocycles. The first kappa shape index (κ1) is 10.1. The van der Waals surface area contributed by atoms with E-state index in [1.165, 1.54) is 13.0 Å². The van der Waals surface area contributed by atoms with Crippen LogP contribution in [0.2, 0.25) is 0 Å². The predicted octanol–water partition coefficient (Wildman–Crippen LogP) is 2.39. The molecule has 0 bridgehead atoms. The number of rotatable bonds is 3. The van der Waals surface area contributed by atoms with E-state index in [1.807, 2.05) is 0 Å². The van der Waals surface area contributed by atoms with Gasteiger partial charge in [0.1, 0.15) is 11.1 Å². The lowest BCUT2D eigenvalue weighted by molar-refractivity contribution is -0.136. The minimum Gasteiger partial charge on any atom is -0.480 e. The van der Waals surface area contributed by atoms with Crippen molar-refractivity contribution in [1.82, 2.24) is 0 Å².